The Balaban J connectivity index is 0. The minimum Gasteiger partial charge on any atom is -1.00 e. The molecule has 0 amide bonds. The van der Waals surface area contributed by atoms with E-state index in [-0.39, 0.29) is 12.4 Å². The Hall–Kier alpha value is -0.530. The van der Waals surface area contributed by atoms with E-state index in [1.807, 2.05) is 36.4 Å². The highest BCUT2D eigenvalue weighted by atomic mass is 35.5. The SMILES string of the molecule is CCC[N+](C)(CCC)CCC.[Cl-].c1ccccc1. The van der Waals surface area contributed by atoms with Gasteiger partial charge in [-0.2, -0.15) is 0 Å². The maximum absolute atomic E-state index is 2.39. The summed E-state index contributed by atoms with van der Waals surface area (Å²) < 4.78 is 1.28. The van der Waals surface area contributed by atoms with E-state index >= 15 is 0 Å². The fraction of sp³-hybridized carbons (Fsp3) is 0.625. The van der Waals surface area contributed by atoms with Crippen LogP contribution in [0.5, 0.6) is 0 Å². The van der Waals surface area contributed by atoms with Gasteiger partial charge in [-0.3, -0.25) is 0 Å². The lowest BCUT2D eigenvalue weighted by molar-refractivity contribution is -0.909. The van der Waals surface area contributed by atoms with Crippen LogP contribution in [0.25, 0.3) is 0 Å². The third-order valence-corrected chi connectivity index (χ3v) is 2.96. The van der Waals surface area contributed by atoms with E-state index in [0.29, 0.717) is 0 Å². The van der Waals surface area contributed by atoms with Crippen LogP contribution in [-0.2, 0) is 0 Å². The molecule has 18 heavy (non-hydrogen) atoms. The topological polar surface area (TPSA) is 0 Å². The molecule has 1 nitrogen and oxygen atoms in total. The van der Waals surface area contributed by atoms with E-state index < -0.39 is 0 Å². The molecule has 1 aromatic rings. The summed E-state index contributed by atoms with van der Waals surface area (Å²) in [5.41, 5.74) is 0. The summed E-state index contributed by atoms with van der Waals surface area (Å²) >= 11 is 0. The molecule has 0 unspecified atom stereocenters. The molecule has 0 spiro atoms. The van der Waals surface area contributed by atoms with Crippen molar-refractivity contribution in [2.24, 2.45) is 0 Å². The molecule has 0 fully saturated rings. The Morgan fingerprint density at radius 2 is 0.833 bits per heavy atom. The first-order chi connectivity index (χ1) is 8.18. The van der Waals surface area contributed by atoms with E-state index in [0.717, 1.165) is 0 Å². The molecule has 0 aliphatic rings. The number of rotatable bonds is 6. The summed E-state index contributed by atoms with van der Waals surface area (Å²) in [6.45, 7) is 10.9. The summed E-state index contributed by atoms with van der Waals surface area (Å²) in [7, 11) is 2.39. The first kappa shape index (κ1) is 19.8. The molecule has 0 saturated heterocycles. The summed E-state index contributed by atoms with van der Waals surface area (Å²) in [5.74, 6) is 0. The van der Waals surface area contributed by atoms with Gasteiger partial charge >= 0.3 is 0 Å². The molecular formula is C16H30ClN. The molecule has 1 aromatic carbocycles. The highest BCUT2D eigenvalue weighted by molar-refractivity contribution is 4.99. The lowest BCUT2D eigenvalue weighted by atomic mass is 10.2. The van der Waals surface area contributed by atoms with E-state index in [2.05, 4.69) is 27.8 Å². The maximum Gasteiger partial charge on any atom is 0.0781 e. The molecule has 0 atom stereocenters. The summed E-state index contributed by atoms with van der Waals surface area (Å²) in [6.07, 6.45) is 3.95. The number of quaternary nitrogens is 1. The maximum atomic E-state index is 2.39. The van der Waals surface area contributed by atoms with E-state index in [1.165, 1.54) is 43.4 Å². The molecular weight excluding hydrogens is 242 g/mol. The van der Waals surface area contributed by atoms with Crippen molar-refractivity contribution < 1.29 is 16.9 Å². The van der Waals surface area contributed by atoms with Gasteiger partial charge < -0.3 is 16.9 Å². The van der Waals surface area contributed by atoms with Crippen molar-refractivity contribution in [3.05, 3.63) is 36.4 Å². The van der Waals surface area contributed by atoms with Crippen molar-refractivity contribution >= 4 is 0 Å². The minimum atomic E-state index is 0. The van der Waals surface area contributed by atoms with Gasteiger partial charge in [0.25, 0.3) is 0 Å². The Labute approximate surface area is 120 Å². The third-order valence-electron chi connectivity index (χ3n) is 2.96. The van der Waals surface area contributed by atoms with Crippen molar-refractivity contribution in [1.82, 2.24) is 0 Å². The van der Waals surface area contributed by atoms with E-state index in [9.17, 15) is 0 Å². The van der Waals surface area contributed by atoms with Crippen LogP contribution in [0.1, 0.15) is 40.0 Å². The van der Waals surface area contributed by atoms with Crippen molar-refractivity contribution in [3.8, 4) is 0 Å². The zero-order chi connectivity index (χ0) is 13.0. The highest BCUT2D eigenvalue weighted by Crippen LogP contribution is 2.06. The van der Waals surface area contributed by atoms with Crippen LogP contribution in [-0.4, -0.2) is 31.2 Å². The number of hydrogen-bond acceptors (Lipinski definition) is 0. The van der Waals surface area contributed by atoms with Gasteiger partial charge in [0.05, 0.1) is 26.7 Å². The molecule has 0 heterocycles. The van der Waals surface area contributed by atoms with E-state index in [1.54, 1.807) is 0 Å². The Bertz CT molecular complexity index is 205. The lowest BCUT2D eigenvalue weighted by Gasteiger charge is -2.33. The Morgan fingerprint density at radius 3 is 1.00 bits per heavy atom. The van der Waals surface area contributed by atoms with Crippen LogP contribution in [0, 0.1) is 0 Å². The van der Waals surface area contributed by atoms with Crippen LogP contribution in [0.15, 0.2) is 36.4 Å². The zero-order valence-electron chi connectivity index (χ0n) is 12.5. The average molecular weight is 272 g/mol. The average Bonchev–Trinajstić information content (AvgIpc) is 2.33. The number of benzene rings is 1. The van der Waals surface area contributed by atoms with Gasteiger partial charge in [-0.1, -0.05) is 57.2 Å². The summed E-state index contributed by atoms with van der Waals surface area (Å²) in [5, 5.41) is 0. The second-order valence-electron chi connectivity index (χ2n) is 4.95. The van der Waals surface area contributed by atoms with Gasteiger partial charge in [0.2, 0.25) is 0 Å². The molecule has 0 radical (unpaired) electrons. The second-order valence-corrected chi connectivity index (χ2v) is 4.95. The van der Waals surface area contributed by atoms with Gasteiger partial charge in [-0.25, -0.2) is 0 Å². The van der Waals surface area contributed by atoms with Crippen molar-refractivity contribution in [3.63, 3.8) is 0 Å². The fourth-order valence-corrected chi connectivity index (χ4v) is 2.34. The second kappa shape index (κ2) is 12.9. The molecule has 0 saturated carbocycles. The van der Waals surface area contributed by atoms with Gasteiger partial charge in [0, 0.05) is 0 Å². The largest absolute Gasteiger partial charge is 1.00 e. The Kier molecular flexibility index (Phi) is 14.2. The third kappa shape index (κ3) is 10.6. The highest BCUT2D eigenvalue weighted by Gasteiger charge is 2.16. The van der Waals surface area contributed by atoms with E-state index in [4.69, 9.17) is 0 Å². The van der Waals surface area contributed by atoms with Gasteiger partial charge in [0.1, 0.15) is 0 Å². The van der Waals surface area contributed by atoms with Crippen LogP contribution in [0.4, 0.5) is 0 Å². The van der Waals surface area contributed by atoms with Crippen LogP contribution < -0.4 is 12.4 Å². The van der Waals surface area contributed by atoms with Gasteiger partial charge in [-0.15, -0.1) is 0 Å². The fourth-order valence-electron chi connectivity index (χ4n) is 2.34. The molecule has 1 rings (SSSR count). The minimum absolute atomic E-state index is 0. The van der Waals surface area contributed by atoms with Crippen LogP contribution in [0.3, 0.4) is 0 Å². The normalized spacial score (nSPS) is 10.0. The summed E-state index contributed by atoms with van der Waals surface area (Å²) in [4.78, 5) is 0. The smallest absolute Gasteiger partial charge is 0.0781 e. The Morgan fingerprint density at radius 1 is 0.611 bits per heavy atom. The van der Waals surface area contributed by atoms with Gasteiger partial charge in [0.15, 0.2) is 0 Å². The standard InChI is InChI=1S/C10H24N.C6H6.ClH/c1-5-8-11(4,9-6-2)10-7-3;1-2-4-6-5-3-1;/h5-10H2,1-4H3;1-6H;1H/q+1;;/p-1. The number of hydrogen-bond donors (Lipinski definition) is 0. The molecule has 106 valence electrons. The molecule has 0 aliphatic carbocycles. The van der Waals surface area contributed by atoms with Crippen molar-refractivity contribution in [2.75, 3.05) is 26.7 Å². The molecule has 0 aliphatic heterocycles. The molecule has 0 aromatic heterocycles. The molecule has 0 bridgehead atoms. The van der Waals surface area contributed by atoms with Crippen LogP contribution in [0.2, 0.25) is 0 Å². The quantitative estimate of drug-likeness (QED) is 0.686. The predicted octanol–water partition coefficient (Wildman–Crippen LogP) is 1.35. The lowest BCUT2D eigenvalue weighted by Crippen LogP contribution is -3.00. The summed E-state index contributed by atoms with van der Waals surface area (Å²) in [6, 6.07) is 12.0. The molecule has 2 heteroatoms. The number of halogens is 1. The zero-order valence-corrected chi connectivity index (χ0v) is 13.3. The van der Waals surface area contributed by atoms with Gasteiger partial charge in [-0.05, 0) is 19.3 Å². The monoisotopic (exact) mass is 271 g/mol. The van der Waals surface area contributed by atoms with Crippen LogP contribution >= 0.6 is 0 Å². The predicted molar refractivity (Wildman–Crippen MR) is 78.1 cm³/mol. The molecule has 0 N–H and O–H groups in total. The van der Waals surface area contributed by atoms with Crippen molar-refractivity contribution in [1.29, 1.82) is 0 Å². The van der Waals surface area contributed by atoms with Crippen molar-refractivity contribution in [2.45, 2.75) is 40.0 Å². The first-order valence-corrected chi connectivity index (χ1v) is 7.02. The first-order valence-electron chi connectivity index (χ1n) is 7.02. The number of nitrogens with zero attached hydrogens (tertiary/aromatic N) is 1.